The van der Waals surface area contributed by atoms with Gasteiger partial charge in [-0.05, 0) is 35.6 Å². The van der Waals surface area contributed by atoms with Gasteiger partial charge in [-0.2, -0.15) is 5.06 Å². The SMILES string of the molecule is C[C@H](c1ccccc1)N1O[C@H](c2ccccc2)[C@H]2Cn3c(cc4ccccc43)[C@H]21. The third kappa shape index (κ3) is 2.58. The van der Waals surface area contributed by atoms with Crippen LogP contribution in [0, 0.1) is 5.92 Å². The number of hydrogen-bond acceptors (Lipinski definition) is 2. The predicted molar refractivity (Wildman–Crippen MR) is 115 cm³/mol. The van der Waals surface area contributed by atoms with Crippen LogP contribution in [0.25, 0.3) is 10.9 Å². The van der Waals surface area contributed by atoms with Gasteiger partial charge in [0.1, 0.15) is 6.10 Å². The van der Waals surface area contributed by atoms with E-state index in [-0.39, 0.29) is 18.2 Å². The van der Waals surface area contributed by atoms with E-state index in [1.54, 1.807) is 0 Å². The Bertz CT molecular complexity index is 1150. The first-order valence-corrected chi connectivity index (χ1v) is 10.4. The molecular formula is C26H24N2O. The van der Waals surface area contributed by atoms with Gasteiger partial charge >= 0.3 is 0 Å². The normalized spacial score (nSPS) is 24.5. The van der Waals surface area contributed by atoms with E-state index in [4.69, 9.17) is 4.84 Å². The van der Waals surface area contributed by atoms with Crippen LogP contribution in [-0.2, 0) is 11.4 Å². The molecule has 0 spiro atoms. The van der Waals surface area contributed by atoms with Crippen LogP contribution >= 0.6 is 0 Å². The monoisotopic (exact) mass is 380 g/mol. The van der Waals surface area contributed by atoms with Crippen molar-refractivity contribution in [1.29, 1.82) is 0 Å². The fraction of sp³-hybridized carbons (Fsp3) is 0.231. The number of fused-ring (bicyclic) bond motifs is 5. The lowest BCUT2D eigenvalue weighted by Crippen LogP contribution is -2.26. The second-order valence-electron chi connectivity index (χ2n) is 8.23. The summed E-state index contributed by atoms with van der Waals surface area (Å²) in [6.07, 6.45) is 0.0750. The summed E-state index contributed by atoms with van der Waals surface area (Å²) >= 11 is 0. The van der Waals surface area contributed by atoms with Gasteiger partial charge in [0.05, 0.1) is 12.1 Å². The van der Waals surface area contributed by atoms with E-state index in [1.165, 1.54) is 27.7 Å². The van der Waals surface area contributed by atoms with Crippen LogP contribution in [0.2, 0.25) is 0 Å². The zero-order valence-electron chi connectivity index (χ0n) is 16.5. The van der Waals surface area contributed by atoms with Gasteiger partial charge in [-0.25, -0.2) is 0 Å². The molecule has 6 rings (SSSR count). The number of aromatic nitrogens is 1. The van der Waals surface area contributed by atoms with Crippen LogP contribution < -0.4 is 0 Å². The van der Waals surface area contributed by atoms with Crippen molar-refractivity contribution in [3.05, 3.63) is 108 Å². The Kier molecular flexibility index (Phi) is 3.86. The lowest BCUT2D eigenvalue weighted by Gasteiger charge is -2.28. The molecule has 2 aliphatic heterocycles. The maximum atomic E-state index is 6.70. The highest BCUT2D eigenvalue weighted by Crippen LogP contribution is 2.55. The molecule has 1 fully saturated rings. The minimum absolute atomic E-state index is 0.0750. The Labute approximate surface area is 171 Å². The van der Waals surface area contributed by atoms with E-state index >= 15 is 0 Å². The lowest BCUT2D eigenvalue weighted by molar-refractivity contribution is -0.192. The summed E-state index contributed by atoms with van der Waals surface area (Å²) in [7, 11) is 0. The van der Waals surface area contributed by atoms with Crippen molar-refractivity contribution in [1.82, 2.24) is 9.63 Å². The lowest BCUT2D eigenvalue weighted by atomic mass is 9.90. The average molecular weight is 380 g/mol. The standard InChI is InChI=1S/C26H24N2O/c1-18(19-10-4-2-5-11-19)28-25-22(26(29-28)20-12-6-3-7-13-20)17-27-23-15-9-8-14-21(23)16-24(25)27/h2-16,18,22,25-26H,17H2,1H3/t18-,22+,25+,26-/m1/s1. The molecule has 3 heterocycles. The second-order valence-corrected chi connectivity index (χ2v) is 8.23. The van der Waals surface area contributed by atoms with Crippen molar-refractivity contribution in [3.63, 3.8) is 0 Å². The molecule has 29 heavy (non-hydrogen) atoms. The summed E-state index contributed by atoms with van der Waals surface area (Å²) < 4.78 is 2.51. The second kappa shape index (κ2) is 6.58. The summed E-state index contributed by atoms with van der Waals surface area (Å²) in [6, 6.07) is 32.9. The van der Waals surface area contributed by atoms with Gasteiger partial charge in [-0.3, -0.25) is 4.84 Å². The van der Waals surface area contributed by atoms with E-state index < -0.39 is 0 Å². The van der Waals surface area contributed by atoms with Crippen molar-refractivity contribution in [2.45, 2.75) is 31.7 Å². The topological polar surface area (TPSA) is 17.4 Å². The third-order valence-electron chi connectivity index (χ3n) is 6.63. The maximum Gasteiger partial charge on any atom is 0.111 e. The highest BCUT2D eigenvalue weighted by atomic mass is 16.7. The summed E-state index contributed by atoms with van der Waals surface area (Å²) in [6.45, 7) is 3.25. The van der Waals surface area contributed by atoms with Crippen LogP contribution in [0.1, 0.15) is 41.9 Å². The molecule has 0 saturated carbocycles. The van der Waals surface area contributed by atoms with Crippen LogP contribution in [0.15, 0.2) is 91.0 Å². The fourth-order valence-electron chi connectivity index (χ4n) is 5.23. The first-order chi connectivity index (χ1) is 14.3. The van der Waals surface area contributed by atoms with E-state index in [0.717, 1.165) is 6.54 Å². The zero-order valence-corrected chi connectivity index (χ0v) is 16.5. The Morgan fingerprint density at radius 3 is 2.34 bits per heavy atom. The minimum Gasteiger partial charge on any atom is -0.342 e. The molecule has 0 bridgehead atoms. The summed E-state index contributed by atoms with van der Waals surface area (Å²) in [5, 5.41) is 3.58. The maximum absolute atomic E-state index is 6.70. The number of nitrogens with zero attached hydrogens (tertiary/aromatic N) is 2. The molecule has 1 aromatic heterocycles. The molecule has 1 saturated heterocycles. The highest BCUT2D eigenvalue weighted by Gasteiger charge is 2.51. The average Bonchev–Trinajstić information content (AvgIpc) is 3.43. The Balaban J connectivity index is 1.47. The van der Waals surface area contributed by atoms with Gasteiger partial charge in [-0.1, -0.05) is 78.9 Å². The molecule has 3 nitrogen and oxygen atoms in total. The molecular weight excluding hydrogens is 356 g/mol. The van der Waals surface area contributed by atoms with Gasteiger partial charge in [0.15, 0.2) is 0 Å². The van der Waals surface area contributed by atoms with Gasteiger partial charge < -0.3 is 4.57 Å². The first kappa shape index (κ1) is 17.0. The number of benzene rings is 3. The molecule has 0 N–H and O–H groups in total. The van der Waals surface area contributed by atoms with Gasteiger partial charge in [0, 0.05) is 23.7 Å². The van der Waals surface area contributed by atoms with Gasteiger partial charge in [-0.15, -0.1) is 0 Å². The van der Waals surface area contributed by atoms with Crippen LogP contribution in [0.5, 0.6) is 0 Å². The quantitative estimate of drug-likeness (QED) is 0.430. The van der Waals surface area contributed by atoms with Crippen molar-refractivity contribution in [2.24, 2.45) is 5.92 Å². The molecule has 0 amide bonds. The highest BCUT2D eigenvalue weighted by molar-refractivity contribution is 5.82. The minimum atomic E-state index is 0.0750. The smallest absolute Gasteiger partial charge is 0.111 e. The molecule has 3 aromatic carbocycles. The molecule has 0 radical (unpaired) electrons. The first-order valence-electron chi connectivity index (χ1n) is 10.4. The van der Waals surface area contributed by atoms with E-state index in [2.05, 4.69) is 108 Å². The predicted octanol–water partition coefficient (Wildman–Crippen LogP) is 6.06. The number of rotatable bonds is 3. The van der Waals surface area contributed by atoms with E-state index in [1.807, 2.05) is 0 Å². The Hall–Kier alpha value is -2.88. The summed E-state index contributed by atoms with van der Waals surface area (Å²) in [4.78, 5) is 6.70. The fourth-order valence-corrected chi connectivity index (χ4v) is 5.23. The van der Waals surface area contributed by atoms with Gasteiger partial charge in [0.2, 0.25) is 0 Å². The Morgan fingerprint density at radius 2 is 1.55 bits per heavy atom. The van der Waals surface area contributed by atoms with Crippen molar-refractivity contribution in [2.75, 3.05) is 0 Å². The van der Waals surface area contributed by atoms with Crippen LogP contribution in [-0.4, -0.2) is 9.63 Å². The molecule has 2 aliphatic rings. The summed E-state index contributed by atoms with van der Waals surface area (Å²) in [5.74, 6) is 0.406. The molecule has 144 valence electrons. The van der Waals surface area contributed by atoms with Crippen molar-refractivity contribution >= 4 is 10.9 Å². The number of hydrogen-bond donors (Lipinski definition) is 0. The molecule has 0 aliphatic carbocycles. The molecule has 4 aromatic rings. The summed E-state index contributed by atoms with van der Waals surface area (Å²) in [5.41, 5.74) is 5.25. The van der Waals surface area contributed by atoms with Crippen molar-refractivity contribution in [3.8, 4) is 0 Å². The third-order valence-corrected chi connectivity index (χ3v) is 6.63. The largest absolute Gasteiger partial charge is 0.342 e. The molecule has 0 unspecified atom stereocenters. The van der Waals surface area contributed by atoms with Crippen LogP contribution in [0.3, 0.4) is 0 Å². The van der Waals surface area contributed by atoms with Gasteiger partial charge in [0.25, 0.3) is 0 Å². The molecule has 4 atom stereocenters. The number of para-hydroxylation sites is 1. The van der Waals surface area contributed by atoms with Crippen molar-refractivity contribution < 1.29 is 4.84 Å². The van der Waals surface area contributed by atoms with Crippen LogP contribution in [0.4, 0.5) is 0 Å². The number of hydroxylamine groups is 2. The zero-order chi connectivity index (χ0) is 19.4. The van der Waals surface area contributed by atoms with E-state index in [0.29, 0.717) is 5.92 Å². The molecule has 3 heteroatoms. The Morgan fingerprint density at radius 1 is 0.862 bits per heavy atom. The van der Waals surface area contributed by atoms with E-state index in [9.17, 15) is 0 Å².